The molecular weight excluding hydrogens is 384 g/mol. The molecule has 0 fully saturated rings. The summed E-state index contributed by atoms with van der Waals surface area (Å²) in [6.07, 6.45) is 3.29. The van der Waals surface area contributed by atoms with Crippen LogP contribution in [0, 0.1) is 0 Å². The summed E-state index contributed by atoms with van der Waals surface area (Å²) < 4.78 is 22.2. The molecule has 0 bridgehead atoms. The predicted octanol–water partition coefficient (Wildman–Crippen LogP) is 4.34. The maximum Gasteiger partial charge on any atom is 0.344 e. The number of ether oxygens (including phenoxy) is 4. The molecule has 2 aliphatic heterocycles. The Hall–Kier alpha value is -3.54. The summed E-state index contributed by atoms with van der Waals surface area (Å²) >= 11 is 0. The zero-order chi connectivity index (χ0) is 21.3. The molecular formula is C24H22O6. The van der Waals surface area contributed by atoms with Crippen LogP contribution in [0.15, 0.2) is 59.9 Å². The van der Waals surface area contributed by atoms with Crippen LogP contribution in [0.5, 0.6) is 17.2 Å². The van der Waals surface area contributed by atoms with E-state index in [-0.39, 0.29) is 30.4 Å². The molecule has 0 amide bonds. The number of Topliss-reactive ketones (excluding diaryl/α,β-unsaturated/α-hetero) is 1. The van der Waals surface area contributed by atoms with Gasteiger partial charge in [-0.25, -0.2) is 4.79 Å². The average molecular weight is 406 g/mol. The summed E-state index contributed by atoms with van der Waals surface area (Å²) in [5.41, 5.74) is 2.25. The van der Waals surface area contributed by atoms with Crippen LogP contribution >= 0.6 is 0 Å². The van der Waals surface area contributed by atoms with Crippen LogP contribution in [0.2, 0.25) is 0 Å². The highest BCUT2D eigenvalue weighted by molar-refractivity contribution is 6.12. The van der Waals surface area contributed by atoms with Crippen LogP contribution in [0.1, 0.15) is 36.7 Å². The van der Waals surface area contributed by atoms with Crippen molar-refractivity contribution in [3.05, 3.63) is 71.0 Å². The first-order valence-electron chi connectivity index (χ1n) is 9.78. The van der Waals surface area contributed by atoms with Gasteiger partial charge in [-0.05, 0) is 56.7 Å². The molecule has 2 aliphatic rings. The molecule has 0 spiro atoms. The van der Waals surface area contributed by atoms with Crippen molar-refractivity contribution in [1.29, 1.82) is 0 Å². The number of carbonyl (C=O) groups is 2. The van der Waals surface area contributed by atoms with Crippen LogP contribution < -0.4 is 14.2 Å². The third kappa shape index (κ3) is 4.08. The number of fused-ring (bicyclic) bond motifs is 2. The second kappa shape index (κ2) is 8.06. The van der Waals surface area contributed by atoms with Crippen molar-refractivity contribution in [2.24, 2.45) is 0 Å². The number of carbonyl (C=O) groups excluding carboxylic acids is 2. The van der Waals surface area contributed by atoms with E-state index in [0.717, 1.165) is 16.9 Å². The lowest BCUT2D eigenvalue weighted by Crippen LogP contribution is -2.18. The number of allylic oxidation sites excluding steroid dienone is 1. The SMILES string of the molecule is CC(C)OC(=O)COc1ccc2c(c1)O/C(=C/C1=Cc3ccccc3O[C@H]1C)C2=O. The van der Waals surface area contributed by atoms with Crippen LogP contribution in [0.4, 0.5) is 0 Å². The summed E-state index contributed by atoms with van der Waals surface area (Å²) in [5, 5.41) is 0. The largest absolute Gasteiger partial charge is 0.485 e. The highest BCUT2D eigenvalue weighted by Crippen LogP contribution is 2.36. The van der Waals surface area contributed by atoms with Crippen molar-refractivity contribution >= 4 is 17.8 Å². The zero-order valence-electron chi connectivity index (χ0n) is 17.0. The summed E-state index contributed by atoms with van der Waals surface area (Å²) in [4.78, 5) is 24.4. The number of rotatable bonds is 5. The van der Waals surface area contributed by atoms with Crippen molar-refractivity contribution in [2.75, 3.05) is 6.61 Å². The zero-order valence-corrected chi connectivity index (χ0v) is 17.0. The molecule has 2 aromatic rings. The Bertz CT molecular complexity index is 1060. The molecule has 0 saturated heterocycles. The van der Waals surface area contributed by atoms with Gasteiger partial charge in [-0.2, -0.15) is 0 Å². The minimum absolute atomic E-state index is 0.206. The third-order valence-corrected chi connectivity index (χ3v) is 4.68. The Morgan fingerprint density at radius 2 is 1.97 bits per heavy atom. The molecule has 6 heteroatoms. The van der Waals surface area contributed by atoms with E-state index in [2.05, 4.69) is 0 Å². The Morgan fingerprint density at radius 3 is 2.77 bits per heavy atom. The van der Waals surface area contributed by atoms with Crippen LogP contribution in [-0.4, -0.2) is 30.6 Å². The summed E-state index contributed by atoms with van der Waals surface area (Å²) in [5.74, 6) is 1.19. The molecule has 154 valence electrons. The van der Waals surface area contributed by atoms with Crippen molar-refractivity contribution in [2.45, 2.75) is 33.0 Å². The Balaban J connectivity index is 1.51. The topological polar surface area (TPSA) is 71.1 Å². The van der Waals surface area contributed by atoms with E-state index in [1.54, 1.807) is 38.1 Å². The van der Waals surface area contributed by atoms with E-state index in [1.165, 1.54) is 0 Å². The van der Waals surface area contributed by atoms with E-state index in [1.807, 2.05) is 37.3 Å². The number of hydrogen-bond acceptors (Lipinski definition) is 6. The van der Waals surface area contributed by atoms with Gasteiger partial charge in [0, 0.05) is 11.6 Å². The molecule has 0 saturated carbocycles. The first kappa shape index (κ1) is 19.8. The summed E-state index contributed by atoms with van der Waals surface area (Å²) in [6, 6.07) is 12.6. The van der Waals surface area contributed by atoms with Crippen LogP contribution in [0.25, 0.3) is 6.08 Å². The standard InChI is InChI=1S/C24H22O6/c1-14(2)28-23(25)13-27-18-8-9-19-21(12-18)30-22(24(19)26)11-17-10-16-6-4-5-7-20(16)29-15(17)3/h4-12,14-15H,13H2,1-3H3/b22-11+/t15-/m0/s1. The molecule has 2 aromatic carbocycles. The molecule has 2 heterocycles. The van der Waals surface area contributed by atoms with Gasteiger partial charge in [-0.1, -0.05) is 18.2 Å². The average Bonchev–Trinajstić information content (AvgIpc) is 3.01. The van der Waals surface area contributed by atoms with Gasteiger partial charge in [0.15, 0.2) is 12.4 Å². The van der Waals surface area contributed by atoms with E-state index in [0.29, 0.717) is 17.1 Å². The van der Waals surface area contributed by atoms with Crippen molar-refractivity contribution in [3.8, 4) is 17.2 Å². The van der Waals surface area contributed by atoms with Gasteiger partial charge in [0.1, 0.15) is 23.4 Å². The molecule has 1 atom stereocenters. The fraction of sp³-hybridized carbons (Fsp3) is 0.250. The third-order valence-electron chi connectivity index (χ3n) is 4.68. The summed E-state index contributed by atoms with van der Waals surface area (Å²) in [6.45, 7) is 5.25. The minimum atomic E-state index is -0.457. The van der Waals surface area contributed by atoms with Gasteiger partial charge in [-0.3, -0.25) is 4.79 Å². The highest BCUT2D eigenvalue weighted by Gasteiger charge is 2.29. The number of benzene rings is 2. The van der Waals surface area contributed by atoms with Gasteiger partial charge < -0.3 is 18.9 Å². The maximum absolute atomic E-state index is 12.7. The van der Waals surface area contributed by atoms with E-state index >= 15 is 0 Å². The van der Waals surface area contributed by atoms with Crippen LogP contribution in [0.3, 0.4) is 0 Å². The van der Waals surface area contributed by atoms with Crippen molar-refractivity contribution in [1.82, 2.24) is 0 Å². The highest BCUT2D eigenvalue weighted by atomic mass is 16.6. The summed E-state index contributed by atoms with van der Waals surface area (Å²) in [7, 11) is 0. The lowest BCUT2D eigenvalue weighted by atomic mass is 10.0. The molecule has 0 aromatic heterocycles. The van der Waals surface area contributed by atoms with Crippen LogP contribution in [-0.2, 0) is 9.53 Å². The smallest absolute Gasteiger partial charge is 0.344 e. The Labute approximate surface area is 174 Å². The number of para-hydroxylation sites is 1. The minimum Gasteiger partial charge on any atom is -0.485 e. The van der Waals surface area contributed by atoms with E-state index in [4.69, 9.17) is 18.9 Å². The fourth-order valence-electron chi connectivity index (χ4n) is 3.27. The second-order valence-electron chi connectivity index (χ2n) is 7.37. The molecule has 6 nitrogen and oxygen atoms in total. The van der Waals surface area contributed by atoms with Gasteiger partial charge in [0.05, 0.1) is 11.7 Å². The second-order valence-corrected chi connectivity index (χ2v) is 7.37. The monoisotopic (exact) mass is 406 g/mol. The molecule has 0 aliphatic carbocycles. The number of ketones is 1. The molecule has 0 radical (unpaired) electrons. The van der Waals surface area contributed by atoms with Gasteiger partial charge >= 0.3 is 5.97 Å². The van der Waals surface area contributed by atoms with Crippen molar-refractivity contribution in [3.63, 3.8) is 0 Å². The quantitative estimate of drug-likeness (QED) is 0.543. The van der Waals surface area contributed by atoms with E-state index < -0.39 is 5.97 Å². The lowest BCUT2D eigenvalue weighted by molar-refractivity contribution is -0.149. The van der Waals surface area contributed by atoms with Gasteiger partial charge in [0.25, 0.3) is 0 Å². The Morgan fingerprint density at radius 1 is 1.17 bits per heavy atom. The molecule has 0 N–H and O–H groups in total. The van der Waals surface area contributed by atoms with Gasteiger partial charge in [0.2, 0.25) is 5.78 Å². The molecule has 30 heavy (non-hydrogen) atoms. The first-order valence-corrected chi connectivity index (χ1v) is 9.78. The van der Waals surface area contributed by atoms with Gasteiger partial charge in [-0.15, -0.1) is 0 Å². The normalized spacial score (nSPS) is 18.3. The first-order chi connectivity index (χ1) is 14.4. The molecule has 4 rings (SSSR count). The number of hydrogen-bond donors (Lipinski definition) is 0. The predicted molar refractivity (Wildman–Crippen MR) is 111 cm³/mol. The lowest BCUT2D eigenvalue weighted by Gasteiger charge is -2.22. The van der Waals surface area contributed by atoms with Crippen molar-refractivity contribution < 1.29 is 28.5 Å². The Kier molecular flexibility index (Phi) is 5.31. The van der Waals surface area contributed by atoms with E-state index in [9.17, 15) is 9.59 Å². The number of esters is 1. The molecule has 0 unspecified atom stereocenters. The fourth-order valence-corrected chi connectivity index (χ4v) is 3.27. The maximum atomic E-state index is 12.7.